The molecule has 1 heterocycles. The van der Waals surface area contributed by atoms with Gasteiger partial charge in [0.1, 0.15) is 0 Å². The van der Waals surface area contributed by atoms with Gasteiger partial charge < -0.3 is 5.32 Å². The molecule has 0 saturated heterocycles. The highest BCUT2D eigenvalue weighted by Crippen LogP contribution is 2.17. The molecular weight excluding hydrogens is 222 g/mol. The van der Waals surface area contributed by atoms with Crippen molar-refractivity contribution in [2.45, 2.75) is 33.7 Å². The molecule has 0 aliphatic carbocycles. The molecule has 0 spiro atoms. The summed E-state index contributed by atoms with van der Waals surface area (Å²) in [6.07, 6.45) is 3.00. The smallest absolute Gasteiger partial charge is 0.0542 e. The van der Waals surface area contributed by atoms with Crippen molar-refractivity contribution in [1.29, 1.82) is 0 Å². The molecule has 96 valence electrons. The van der Waals surface area contributed by atoms with E-state index in [0.717, 1.165) is 13.0 Å². The van der Waals surface area contributed by atoms with Crippen LogP contribution >= 0.6 is 0 Å². The third-order valence-electron chi connectivity index (χ3n) is 3.55. The Hall–Kier alpha value is -1.77. The van der Waals surface area contributed by atoms with E-state index in [1.54, 1.807) is 0 Å². The number of hydrogen-bond donors (Lipinski definition) is 1. The zero-order chi connectivity index (χ0) is 13.1. The van der Waals surface area contributed by atoms with Gasteiger partial charge in [-0.3, -0.25) is 4.68 Å². The Labute approximate surface area is 109 Å². The zero-order valence-corrected chi connectivity index (χ0v) is 11.6. The Morgan fingerprint density at radius 2 is 2.00 bits per heavy atom. The lowest BCUT2D eigenvalue weighted by atomic mass is 10.1. The maximum absolute atomic E-state index is 4.25. The maximum atomic E-state index is 4.25. The van der Waals surface area contributed by atoms with Crippen LogP contribution in [0.15, 0.2) is 24.4 Å². The molecule has 0 amide bonds. The average Bonchev–Trinajstić information content (AvgIpc) is 2.69. The summed E-state index contributed by atoms with van der Waals surface area (Å²) in [6, 6.07) is 6.55. The number of hydrogen-bond acceptors (Lipinski definition) is 2. The van der Waals surface area contributed by atoms with Crippen LogP contribution in [-0.4, -0.2) is 9.78 Å². The van der Waals surface area contributed by atoms with Crippen LogP contribution in [0.4, 0.5) is 5.69 Å². The first-order valence-corrected chi connectivity index (χ1v) is 6.42. The molecule has 1 aromatic heterocycles. The summed E-state index contributed by atoms with van der Waals surface area (Å²) in [7, 11) is 1.97. The minimum atomic E-state index is 0.825. The molecule has 0 unspecified atom stereocenters. The van der Waals surface area contributed by atoms with Crippen molar-refractivity contribution >= 4 is 5.69 Å². The topological polar surface area (TPSA) is 29.9 Å². The Balaban J connectivity index is 2.08. The van der Waals surface area contributed by atoms with Crippen LogP contribution in [0.2, 0.25) is 0 Å². The third-order valence-corrected chi connectivity index (χ3v) is 3.55. The molecule has 2 aromatic rings. The Morgan fingerprint density at radius 3 is 2.61 bits per heavy atom. The Kier molecular flexibility index (Phi) is 3.70. The monoisotopic (exact) mass is 243 g/mol. The number of aryl methyl sites for hydroxylation is 3. The summed E-state index contributed by atoms with van der Waals surface area (Å²) in [5.41, 5.74) is 6.41. The molecule has 3 nitrogen and oxygen atoms in total. The summed E-state index contributed by atoms with van der Waals surface area (Å²) in [5.74, 6) is 0. The number of aromatic nitrogens is 2. The maximum Gasteiger partial charge on any atom is 0.0542 e. The van der Waals surface area contributed by atoms with Gasteiger partial charge in [-0.05, 0) is 43.5 Å². The van der Waals surface area contributed by atoms with E-state index >= 15 is 0 Å². The lowest BCUT2D eigenvalue weighted by molar-refractivity contribution is 0.738. The highest BCUT2D eigenvalue weighted by atomic mass is 15.3. The first-order valence-electron chi connectivity index (χ1n) is 6.42. The SMILES string of the molecule is CCc1cc(NCc2cnn(C)c2C)ccc1C. The van der Waals surface area contributed by atoms with Crippen LogP contribution in [0.1, 0.15) is 29.3 Å². The van der Waals surface area contributed by atoms with Gasteiger partial charge in [-0.15, -0.1) is 0 Å². The van der Waals surface area contributed by atoms with E-state index in [0.29, 0.717) is 0 Å². The second-order valence-electron chi connectivity index (χ2n) is 4.73. The molecular formula is C15H21N3. The van der Waals surface area contributed by atoms with Crippen molar-refractivity contribution in [3.05, 3.63) is 46.8 Å². The summed E-state index contributed by atoms with van der Waals surface area (Å²) < 4.78 is 1.91. The molecule has 1 N–H and O–H groups in total. The lowest BCUT2D eigenvalue weighted by Crippen LogP contribution is -2.02. The van der Waals surface area contributed by atoms with E-state index in [9.17, 15) is 0 Å². The summed E-state index contributed by atoms with van der Waals surface area (Å²) in [6.45, 7) is 7.27. The number of anilines is 1. The Morgan fingerprint density at radius 1 is 1.22 bits per heavy atom. The Bertz CT molecular complexity index is 541. The number of nitrogens with one attached hydrogen (secondary N) is 1. The first kappa shape index (κ1) is 12.7. The third kappa shape index (κ3) is 2.55. The van der Waals surface area contributed by atoms with Gasteiger partial charge in [0.05, 0.1) is 6.20 Å². The largest absolute Gasteiger partial charge is 0.381 e. The molecule has 18 heavy (non-hydrogen) atoms. The van der Waals surface area contributed by atoms with Crippen molar-refractivity contribution in [3.63, 3.8) is 0 Å². The van der Waals surface area contributed by atoms with E-state index in [-0.39, 0.29) is 0 Å². The summed E-state index contributed by atoms with van der Waals surface area (Å²) in [5, 5.41) is 7.72. The molecule has 0 saturated carbocycles. The standard InChI is InChI=1S/C15H21N3/c1-5-13-8-15(7-6-11(13)2)16-9-14-10-17-18(4)12(14)3/h6-8,10,16H,5,9H2,1-4H3. The number of nitrogens with zero attached hydrogens (tertiary/aromatic N) is 2. The molecule has 0 radical (unpaired) electrons. The van der Waals surface area contributed by atoms with E-state index < -0.39 is 0 Å². The molecule has 0 atom stereocenters. The van der Waals surface area contributed by atoms with Gasteiger partial charge in [-0.25, -0.2) is 0 Å². The fourth-order valence-corrected chi connectivity index (χ4v) is 2.08. The number of benzene rings is 1. The van der Waals surface area contributed by atoms with E-state index in [1.807, 2.05) is 17.9 Å². The van der Waals surface area contributed by atoms with Gasteiger partial charge in [0, 0.05) is 30.5 Å². The molecule has 2 rings (SSSR count). The minimum absolute atomic E-state index is 0.825. The fourth-order valence-electron chi connectivity index (χ4n) is 2.08. The molecule has 0 fully saturated rings. The summed E-state index contributed by atoms with van der Waals surface area (Å²) in [4.78, 5) is 0. The molecule has 0 bridgehead atoms. The number of rotatable bonds is 4. The second kappa shape index (κ2) is 5.25. The van der Waals surface area contributed by atoms with Crippen molar-refractivity contribution < 1.29 is 0 Å². The second-order valence-corrected chi connectivity index (χ2v) is 4.73. The molecule has 3 heteroatoms. The zero-order valence-electron chi connectivity index (χ0n) is 11.6. The van der Waals surface area contributed by atoms with Crippen LogP contribution < -0.4 is 5.32 Å². The van der Waals surface area contributed by atoms with Crippen LogP contribution in [0.25, 0.3) is 0 Å². The minimum Gasteiger partial charge on any atom is -0.381 e. The van der Waals surface area contributed by atoms with E-state index in [2.05, 4.69) is 49.4 Å². The van der Waals surface area contributed by atoms with Crippen molar-refractivity contribution in [1.82, 2.24) is 9.78 Å². The van der Waals surface area contributed by atoms with E-state index in [1.165, 1.54) is 28.1 Å². The average molecular weight is 243 g/mol. The van der Waals surface area contributed by atoms with Crippen molar-refractivity contribution in [2.24, 2.45) is 7.05 Å². The molecule has 0 aliphatic heterocycles. The predicted molar refractivity (Wildman–Crippen MR) is 75.8 cm³/mol. The van der Waals surface area contributed by atoms with Crippen LogP contribution in [0, 0.1) is 13.8 Å². The molecule has 0 aliphatic rings. The molecule has 1 aromatic carbocycles. The van der Waals surface area contributed by atoms with Crippen LogP contribution in [0.5, 0.6) is 0 Å². The fraction of sp³-hybridized carbons (Fsp3) is 0.400. The van der Waals surface area contributed by atoms with Crippen LogP contribution in [0.3, 0.4) is 0 Å². The van der Waals surface area contributed by atoms with Crippen LogP contribution in [-0.2, 0) is 20.0 Å². The van der Waals surface area contributed by atoms with Gasteiger partial charge in [-0.1, -0.05) is 13.0 Å². The normalized spacial score (nSPS) is 10.7. The van der Waals surface area contributed by atoms with Gasteiger partial charge in [-0.2, -0.15) is 5.10 Å². The highest BCUT2D eigenvalue weighted by molar-refractivity contribution is 5.49. The highest BCUT2D eigenvalue weighted by Gasteiger charge is 2.04. The van der Waals surface area contributed by atoms with Gasteiger partial charge in [0.15, 0.2) is 0 Å². The van der Waals surface area contributed by atoms with Crippen molar-refractivity contribution in [2.75, 3.05) is 5.32 Å². The lowest BCUT2D eigenvalue weighted by Gasteiger charge is -2.09. The summed E-state index contributed by atoms with van der Waals surface area (Å²) >= 11 is 0. The first-order chi connectivity index (χ1) is 8.61. The van der Waals surface area contributed by atoms with E-state index in [4.69, 9.17) is 0 Å². The van der Waals surface area contributed by atoms with Gasteiger partial charge in [0.2, 0.25) is 0 Å². The quantitative estimate of drug-likeness (QED) is 0.893. The van der Waals surface area contributed by atoms with Gasteiger partial charge >= 0.3 is 0 Å². The van der Waals surface area contributed by atoms with Gasteiger partial charge in [0.25, 0.3) is 0 Å². The van der Waals surface area contributed by atoms with Crippen molar-refractivity contribution in [3.8, 4) is 0 Å². The predicted octanol–water partition coefficient (Wildman–Crippen LogP) is 3.21.